The van der Waals surface area contributed by atoms with Crippen molar-refractivity contribution in [3.63, 3.8) is 0 Å². The second-order valence-corrected chi connectivity index (χ2v) is 8.81. The van der Waals surface area contributed by atoms with Gasteiger partial charge >= 0.3 is 0 Å². The van der Waals surface area contributed by atoms with E-state index in [4.69, 9.17) is 4.42 Å². The lowest BCUT2D eigenvalue weighted by molar-refractivity contribution is -0.122. The summed E-state index contributed by atoms with van der Waals surface area (Å²) in [7, 11) is 0. The van der Waals surface area contributed by atoms with Gasteiger partial charge in [-0.2, -0.15) is 11.8 Å². The highest BCUT2D eigenvalue weighted by atomic mass is 32.2. The summed E-state index contributed by atoms with van der Waals surface area (Å²) in [5.74, 6) is 1.71. The minimum atomic E-state index is -0.735. The van der Waals surface area contributed by atoms with Gasteiger partial charge in [-0.15, -0.1) is 0 Å². The average Bonchev–Trinajstić information content (AvgIpc) is 3.12. The molecule has 2 aromatic heterocycles. The fourth-order valence-electron chi connectivity index (χ4n) is 3.88. The van der Waals surface area contributed by atoms with Crippen LogP contribution >= 0.6 is 11.8 Å². The number of nitrogens with one attached hydrogen (secondary N) is 2. The molecule has 0 radical (unpaired) electrons. The number of carbonyl (C=O) groups is 1. The Morgan fingerprint density at radius 3 is 2.90 bits per heavy atom. The van der Waals surface area contributed by atoms with E-state index in [1.165, 1.54) is 18.2 Å². The highest BCUT2D eigenvalue weighted by Crippen LogP contribution is 2.43. The minimum absolute atomic E-state index is 0.0857. The molecule has 30 heavy (non-hydrogen) atoms. The maximum Gasteiger partial charge on any atom is 0.227 e. The first-order valence-electron chi connectivity index (χ1n) is 9.69. The first kappa shape index (κ1) is 20.5. The number of hydrogen-bond acceptors (Lipinski definition) is 6. The van der Waals surface area contributed by atoms with Gasteiger partial charge < -0.3 is 19.8 Å². The largest absolute Gasteiger partial charge is 0.502 e. The number of carbonyl (C=O) groups excluding carboxylic acids is 1. The molecule has 1 amide bonds. The van der Waals surface area contributed by atoms with Gasteiger partial charge in [-0.05, 0) is 49.5 Å². The van der Waals surface area contributed by atoms with Crippen molar-refractivity contribution in [2.45, 2.75) is 38.1 Å². The Morgan fingerprint density at radius 2 is 2.13 bits per heavy atom. The molecule has 9 heteroatoms. The zero-order valence-electron chi connectivity index (χ0n) is 16.5. The molecule has 3 N–H and O–H groups in total. The molecule has 1 aliphatic rings. The van der Waals surface area contributed by atoms with Crippen LogP contribution in [0.2, 0.25) is 0 Å². The SMILES string of the molecule is Cc1cc(=O)c(O)c(C2(CC(=O)NCc3nc4ccc(F)cc4[nH]3)CCSCC2)o1. The molecular formula is C21H22FN3O4S. The maximum absolute atomic E-state index is 13.3. The van der Waals surface area contributed by atoms with Gasteiger partial charge in [0.15, 0.2) is 5.76 Å². The summed E-state index contributed by atoms with van der Waals surface area (Å²) < 4.78 is 19.1. The van der Waals surface area contributed by atoms with Crippen molar-refractivity contribution in [1.82, 2.24) is 15.3 Å². The lowest BCUT2D eigenvalue weighted by Crippen LogP contribution is -2.38. The van der Waals surface area contributed by atoms with E-state index in [9.17, 15) is 19.1 Å². The third-order valence-electron chi connectivity index (χ3n) is 5.42. The Balaban J connectivity index is 1.53. The minimum Gasteiger partial charge on any atom is -0.502 e. The number of amides is 1. The number of aromatic hydroxyl groups is 1. The predicted octanol–water partition coefficient (Wildman–Crippen LogP) is 3.14. The molecular weight excluding hydrogens is 409 g/mol. The number of aryl methyl sites for hydroxylation is 1. The molecule has 158 valence electrons. The number of aromatic nitrogens is 2. The molecule has 0 bridgehead atoms. The number of aromatic amines is 1. The van der Waals surface area contributed by atoms with Crippen molar-refractivity contribution in [3.8, 4) is 5.75 Å². The molecule has 0 spiro atoms. The quantitative estimate of drug-likeness (QED) is 0.573. The molecule has 4 rings (SSSR count). The number of nitrogens with zero attached hydrogens (tertiary/aromatic N) is 1. The molecule has 0 unspecified atom stereocenters. The number of fused-ring (bicyclic) bond motifs is 1. The van der Waals surface area contributed by atoms with Crippen molar-refractivity contribution < 1.29 is 18.7 Å². The van der Waals surface area contributed by atoms with Gasteiger partial charge in [0.1, 0.15) is 17.4 Å². The van der Waals surface area contributed by atoms with E-state index < -0.39 is 16.6 Å². The molecule has 0 atom stereocenters. The van der Waals surface area contributed by atoms with E-state index in [1.54, 1.807) is 24.8 Å². The predicted molar refractivity (Wildman–Crippen MR) is 112 cm³/mol. The second kappa shape index (κ2) is 8.14. The number of halogens is 1. The maximum atomic E-state index is 13.3. The lowest BCUT2D eigenvalue weighted by atomic mass is 9.75. The molecule has 3 aromatic rings. The van der Waals surface area contributed by atoms with Gasteiger partial charge in [0.25, 0.3) is 0 Å². The summed E-state index contributed by atoms with van der Waals surface area (Å²) in [5, 5.41) is 13.2. The third-order valence-corrected chi connectivity index (χ3v) is 6.41. The first-order chi connectivity index (χ1) is 14.4. The Labute approximate surface area is 176 Å². The topological polar surface area (TPSA) is 108 Å². The summed E-state index contributed by atoms with van der Waals surface area (Å²) >= 11 is 1.77. The first-order valence-corrected chi connectivity index (χ1v) is 10.8. The van der Waals surface area contributed by atoms with Gasteiger partial charge in [-0.25, -0.2) is 9.37 Å². The molecule has 1 fully saturated rings. The Morgan fingerprint density at radius 1 is 1.37 bits per heavy atom. The smallest absolute Gasteiger partial charge is 0.227 e. The zero-order chi connectivity index (χ0) is 21.3. The van der Waals surface area contributed by atoms with Crippen LogP contribution in [0, 0.1) is 12.7 Å². The normalized spacial score (nSPS) is 15.9. The van der Waals surface area contributed by atoms with E-state index in [-0.39, 0.29) is 30.5 Å². The van der Waals surface area contributed by atoms with Crippen molar-refractivity contribution >= 4 is 28.7 Å². The molecule has 0 aliphatic carbocycles. The molecule has 1 saturated heterocycles. The number of imidazole rings is 1. The molecule has 1 aromatic carbocycles. The second-order valence-electron chi connectivity index (χ2n) is 7.59. The highest BCUT2D eigenvalue weighted by molar-refractivity contribution is 7.99. The van der Waals surface area contributed by atoms with Crippen LogP contribution in [0.15, 0.2) is 33.5 Å². The molecule has 0 saturated carbocycles. The fourth-order valence-corrected chi connectivity index (χ4v) is 5.15. The van der Waals surface area contributed by atoms with Crippen LogP contribution in [0.25, 0.3) is 11.0 Å². The lowest BCUT2D eigenvalue weighted by Gasteiger charge is -2.35. The molecule has 3 heterocycles. The molecule has 1 aliphatic heterocycles. The Hall–Kier alpha value is -2.81. The van der Waals surface area contributed by atoms with Gasteiger partial charge in [-0.3, -0.25) is 9.59 Å². The average molecular weight is 431 g/mol. The van der Waals surface area contributed by atoms with Crippen molar-refractivity contribution in [1.29, 1.82) is 0 Å². The Bertz CT molecular complexity index is 1150. The van der Waals surface area contributed by atoms with Crippen molar-refractivity contribution in [2.24, 2.45) is 0 Å². The van der Waals surface area contributed by atoms with Gasteiger partial charge in [0, 0.05) is 17.9 Å². The van der Waals surface area contributed by atoms with Gasteiger partial charge in [0.05, 0.1) is 17.6 Å². The number of hydrogen-bond donors (Lipinski definition) is 3. The van der Waals surface area contributed by atoms with Crippen molar-refractivity contribution in [3.05, 3.63) is 57.7 Å². The summed E-state index contributed by atoms with van der Waals surface area (Å²) in [4.78, 5) is 32.2. The number of thioether (sulfide) groups is 1. The van der Waals surface area contributed by atoms with Gasteiger partial charge in [-0.1, -0.05) is 0 Å². The van der Waals surface area contributed by atoms with Crippen LogP contribution in [0.4, 0.5) is 4.39 Å². The zero-order valence-corrected chi connectivity index (χ0v) is 17.3. The summed E-state index contributed by atoms with van der Waals surface area (Å²) in [6, 6.07) is 5.50. The number of H-pyrrole nitrogens is 1. The van der Waals surface area contributed by atoms with E-state index in [0.717, 1.165) is 11.5 Å². The van der Waals surface area contributed by atoms with Crippen LogP contribution in [0.5, 0.6) is 5.75 Å². The standard InChI is InChI=1S/C21H22FN3O4S/c1-12-8-16(26)19(28)20(29-12)21(4-6-30-7-5-21)10-18(27)23-11-17-24-14-3-2-13(22)9-15(14)25-17/h2-3,8-9,28H,4-7,10-11H2,1H3,(H,23,27)(H,24,25). The fraction of sp³-hybridized carbons (Fsp3) is 0.381. The Kier molecular flexibility index (Phi) is 5.55. The third kappa shape index (κ3) is 4.07. The van der Waals surface area contributed by atoms with Crippen LogP contribution in [0.1, 0.15) is 36.6 Å². The van der Waals surface area contributed by atoms with Crippen LogP contribution in [-0.4, -0.2) is 32.5 Å². The van der Waals surface area contributed by atoms with Gasteiger partial charge in [0.2, 0.25) is 17.1 Å². The van der Waals surface area contributed by atoms with E-state index >= 15 is 0 Å². The van der Waals surface area contributed by atoms with Crippen LogP contribution in [-0.2, 0) is 16.8 Å². The van der Waals surface area contributed by atoms with Crippen molar-refractivity contribution in [2.75, 3.05) is 11.5 Å². The van der Waals surface area contributed by atoms with E-state index in [0.29, 0.717) is 35.5 Å². The highest BCUT2D eigenvalue weighted by Gasteiger charge is 2.41. The number of benzene rings is 1. The summed E-state index contributed by atoms with van der Waals surface area (Å²) in [6.45, 7) is 1.81. The molecule has 7 nitrogen and oxygen atoms in total. The van der Waals surface area contributed by atoms with E-state index in [1.807, 2.05) is 0 Å². The van der Waals surface area contributed by atoms with Crippen LogP contribution < -0.4 is 10.7 Å². The summed E-state index contributed by atoms with van der Waals surface area (Å²) in [6.07, 6.45) is 1.33. The number of rotatable bonds is 5. The van der Waals surface area contributed by atoms with Crippen LogP contribution in [0.3, 0.4) is 0 Å². The summed E-state index contributed by atoms with van der Waals surface area (Å²) in [5.41, 5.74) is -0.0534. The van der Waals surface area contributed by atoms with E-state index in [2.05, 4.69) is 15.3 Å². The monoisotopic (exact) mass is 431 g/mol.